The molecule has 2 aromatic heterocycles. The lowest BCUT2D eigenvalue weighted by molar-refractivity contribution is -0.384. The Hall–Kier alpha value is -2.11. The molecule has 1 unspecified atom stereocenters. The summed E-state index contributed by atoms with van der Waals surface area (Å²) in [7, 11) is 0. The average Bonchev–Trinajstić information content (AvgIpc) is 2.86. The normalized spacial score (nSPS) is 12.5. The fraction of sp³-hybridized carbons (Fsp3) is 0.133. The van der Waals surface area contributed by atoms with Crippen molar-refractivity contribution in [3.63, 3.8) is 0 Å². The Balaban J connectivity index is 2.28. The van der Waals surface area contributed by atoms with Gasteiger partial charge in [-0.25, -0.2) is 4.98 Å². The van der Waals surface area contributed by atoms with Crippen LogP contribution in [0.25, 0.3) is 16.9 Å². The third-order valence-electron chi connectivity index (χ3n) is 3.33. The largest absolute Gasteiger partial charge is 0.300 e. The van der Waals surface area contributed by atoms with Crippen molar-refractivity contribution in [2.45, 2.75) is 12.3 Å². The second kappa shape index (κ2) is 5.59. The van der Waals surface area contributed by atoms with Crippen molar-refractivity contribution in [3.05, 3.63) is 63.4 Å². The molecule has 0 radical (unpaired) electrons. The Morgan fingerprint density at radius 1 is 1.32 bits per heavy atom. The summed E-state index contributed by atoms with van der Waals surface area (Å²) in [6.45, 7) is 1.83. The molecule has 0 aliphatic rings. The van der Waals surface area contributed by atoms with Crippen molar-refractivity contribution >= 4 is 34.5 Å². The Kier molecular flexibility index (Phi) is 3.76. The summed E-state index contributed by atoms with van der Waals surface area (Å²) in [5, 5.41) is 11.2. The lowest BCUT2D eigenvalue weighted by Crippen LogP contribution is -1.96. The predicted octanol–water partition coefficient (Wildman–Crippen LogP) is 4.86. The number of alkyl halides is 1. The third-order valence-corrected chi connectivity index (χ3v) is 3.76. The number of aromatic nitrogens is 2. The summed E-state index contributed by atoms with van der Waals surface area (Å²) in [6, 6.07) is 9.87. The van der Waals surface area contributed by atoms with Gasteiger partial charge in [-0.1, -0.05) is 23.7 Å². The summed E-state index contributed by atoms with van der Waals surface area (Å²) in [6.07, 6.45) is 1.74. The number of nitrogens with zero attached hydrogens (tertiary/aromatic N) is 3. The molecular formula is C15H11Cl2N3O2. The van der Waals surface area contributed by atoms with Crippen LogP contribution in [0.15, 0.2) is 42.6 Å². The van der Waals surface area contributed by atoms with Crippen molar-refractivity contribution in [2.75, 3.05) is 0 Å². The van der Waals surface area contributed by atoms with Crippen LogP contribution in [0.4, 0.5) is 5.69 Å². The zero-order chi connectivity index (χ0) is 15.9. The van der Waals surface area contributed by atoms with Gasteiger partial charge in [0, 0.05) is 23.9 Å². The lowest BCUT2D eigenvalue weighted by atomic mass is 10.1. The van der Waals surface area contributed by atoms with E-state index in [0.717, 1.165) is 5.69 Å². The molecule has 0 aliphatic carbocycles. The molecule has 5 nitrogen and oxygen atoms in total. The first-order valence-electron chi connectivity index (χ1n) is 6.54. The van der Waals surface area contributed by atoms with Crippen molar-refractivity contribution < 1.29 is 4.92 Å². The van der Waals surface area contributed by atoms with Gasteiger partial charge in [0.2, 0.25) is 0 Å². The van der Waals surface area contributed by atoms with Gasteiger partial charge in [0.1, 0.15) is 5.65 Å². The number of nitro benzene ring substituents is 1. The van der Waals surface area contributed by atoms with Crippen LogP contribution in [0, 0.1) is 10.1 Å². The maximum Gasteiger partial charge on any atom is 0.270 e. The van der Waals surface area contributed by atoms with Gasteiger partial charge in [-0.15, -0.1) is 11.6 Å². The molecule has 1 atom stereocenters. The Morgan fingerprint density at radius 2 is 2.09 bits per heavy atom. The summed E-state index contributed by atoms with van der Waals surface area (Å²) < 4.78 is 1.81. The SMILES string of the molecule is CC(Cl)c1c(-c2cccc([N+](=O)[O-])c2)nc2ccc(Cl)cn12. The Labute approximate surface area is 136 Å². The molecule has 1 aromatic carbocycles. The van der Waals surface area contributed by atoms with Crippen LogP contribution in [-0.4, -0.2) is 14.3 Å². The number of benzene rings is 1. The van der Waals surface area contributed by atoms with Gasteiger partial charge in [-0.05, 0) is 19.1 Å². The van der Waals surface area contributed by atoms with E-state index in [2.05, 4.69) is 4.98 Å². The fourth-order valence-corrected chi connectivity index (χ4v) is 2.77. The first-order chi connectivity index (χ1) is 10.5. The average molecular weight is 336 g/mol. The minimum Gasteiger partial charge on any atom is -0.300 e. The van der Waals surface area contributed by atoms with E-state index < -0.39 is 4.92 Å². The quantitative estimate of drug-likeness (QED) is 0.390. The molecule has 0 spiro atoms. The molecule has 112 valence electrons. The van der Waals surface area contributed by atoms with Gasteiger partial charge in [0.15, 0.2) is 0 Å². The first-order valence-corrected chi connectivity index (χ1v) is 7.35. The molecule has 0 saturated carbocycles. The number of fused-ring (bicyclic) bond motifs is 1. The van der Waals surface area contributed by atoms with Gasteiger partial charge in [0.25, 0.3) is 5.69 Å². The van der Waals surface area contributed by atoms with Crippen molar-refractivity contribution in [1.82, 2.24) is 9.38 Å². The van der Waals surface area contributed by atoms with E-state index in [4.69, 9.17) is 23.2 Å². The van der Waals surface area contributed by atoms with E-state index in [1.54, 1.807) is 30.5 Å². The number of imidazole rings is 1. The van der Waals surface area contributed by atoms with Gasteiger partial charge < -0.3 is 4.40 Å². The highest BCUT2D eigenvalue weighted by Crippen LogP contribution is 2.33. The van der Waals surface area contributed by atoms with E-state index in [1.165, 1.54) is 12.1 Å². The number of non-ortho nitro benzene ring substituents is 1. The Morgan fingerprint density at radius 3 is 2.77 bits per heavy atom. The zero-order valence-electron chi connectivity index (χ0n) is 11.5. The van der Waals surface area contributed by atoms with Gasteiger partial charge >= 0.3 is 0 Å². The fourth-order valence-electron chi connectivity index (χ4n) is 2.40. The lowest BCUT2D eigenvalue weighted by Gasteiger charge is -2.07. The number of rotatable bonds is 3. The van der Waals surface area contributed by atoms with Gasteiger partial charge in [0.05, 0.1) is 26.7 Å². The number of hydrogen-bond donors (Lipinski definition) is 0. The summed E-state index contributed by atoms with van der Waals surface area (Å²) in [5.41, 5.74) is 2.72. The predicted molar refractivity (Wildman–Crippen MR) is 86.6 cm³/mol. The minimum atomic E-state index is -0.431. The summed E-state index contributed by atoms with van der Waals surface area (Å²) in [5.74, 6) is 0. The van der Waals surface area contributed by atoms with Crippen LogP contribution in [0.2, 0.25) is 5.02 Å². The monoisotopic (exact) mass is 335 g/mol. The molecule has 0 bridgehead atoms. The van der Waals surface area contributed by atoms with Crippen LogP contribution < -0.4 is 0 Å². The van der Waals surface area contributed by atoms with E-state index in [-0.39, 0.29) is 11.1 Å². The molecule has 0 N–H and O–H groups in total. The minimum absolute atomic E-state index is 0.0146. The first kappa shape index (κ1) is 14.8. The molecule has 22 heavy (non-hydrogen) atoms. The zero-order valence-corrected chi connectivity index (χ0v) is 13.0. The van der Waals surface area contributed by atoms with Crippen LogP contribution in [0.1, 0.15) is 18.0 Å². The molecular weight excluding hydrogens is 325 g/mol. The second-order valence-electron chi connectivity index (χ2n) is 4.84. The Bertz CT molecular complexity index is 874. The topological polar surface area (TPSA) is 60.4 Å². The van der Waals surface area contributed by atoms with Crippen LogP contribution in [0.3, 0.4) is 0 Å². The molecule has 2 heterocycles. The van der Waals surface area contributed by atoms with Crippen LogP contribution >= 0.6 is 23.2 Å². The summed E-state index contributed by atoms with van der Waals surface area (Å²) >= 11 is 12.3. The molecule has 0 saturated heterocycles. The molecule has 0 amide bonds. The smallest absolute Gasteiger partial charge is 0.270 e. The third kappa shape index (κ3) is 2.53. The van der Waals surface area contributed by atoms with E-state index in [0.29, 0.717) is 21.9 Å². The highest BCUT2D eigenvalue weighted by Gasteiger charge is 2.19. The summed E-state index contributed by atoms with van der Waals surface area (Å²) in [4.78, 5) is 15.1. The molecule has 0 aliphatic heterocycles. The molecule has 3 aromatic rings. The number of hydrogen-bond acceptors (Lipinski definition) is 3. The highest BCUT2D eigenvalue weighted by molar-refractivity contribution is 6.30. The van der Waals surface area contributed by atoms with E-state index in [9.17, 15) is 10.1 Å². The van der Waals surface area contributed by atoms with Crippen molar-refractivity contribution in [1.29, 1.82) is 0 Å². The van der Waals surface area contributed by atoms with Crippen molar-refractivity contribution in [2.24, 2.45) is 0 Å². The van der Waals surface area contributed by atoms with E-state index in [1.807, 2.05) is 11.3 Å². The molecule has 0 fully saturated rings. The van der Waals surface area contributed by atoms with Gasteiger partial charge in [-0.3, -0.25) is 10.1 Å². The number of halogens is 2. The van der Waals surface area contributed by atoms with Crippen LogP contribution in [0.5, 0.6) is 0 Å². The maximum absolute atomic E-state index is 11.0. The second-order valence-corrected chi connectivity index (χ2v) is 5.94. The standard InChI is InChI=1S/C15H11Cl2N3O2/c1-9(16)15-14(10-3-2-4-12(7-10)20(21)22)18-13-6-5-11(17)8-19(13)15/h2-9H,1H3. The molecule has 3 rings (SSSR count). The maximum atomic E-state index is 11.0. The van der Waals surface area contributed by atoms with Gasteiger partial charge in [-0.2, -0.15) is 0 Å². The van der Waals surface area contributed by atoms with E-state index >= 15 is 0 Å². The van der Waals surface area contributed by atoms with Crippen LogP contribution in [-0.2, 0) is 0 Å². The number of nitro groups is 1. The highest BCUT2D eigenvalue weighted by atomic mass is 35.5. The molecule has 7 heteroatoms. The van der Waals surface area contributed by atoms with Crippen molar-refractivity contribution in [3.8, 4) is 11.3 Å². The number of pyridine rings is 1.